The van der Waals surface area contributed by atoms with Crippen molar-refractivity contribution in [2.45, 2.75) is 19.3 Å². The van der Waals surface area contributed by atoms with Gasteiger partial charge in [-0.3, -0.25) is 10.1 Å². The Labute approximate surface area is 182 Å². The first-order chi connectivity index (χ1) is 15.5. The van der Waals surface area contributed by atoms with Crippen LogP contribution >= 0.6 is 0 Å². The normalized spacial score (nSPS) is 14.4. The van der Waals surface area contributed by atoms with Crippen LogP contribution in [0, 0.1) is 10.1 Å². The summed E-state index contributed by atoms with van der Waals surface area (Å²) in [7, 11) is 0. The van der Waals surface area contributed by atoms with Crippen molar-refractivity contribution >= 4 is 34.2 Å². The van der Waals surface area contributed by atoms with Crippen molar-refractivity contribution in [2.24, 2.45) is 0 Å². The number of carbonyl (C=O) groups is 1. The van der Waals surface area contributed by atoms with Gasteiger partial charge < -0.3 is 9.52 Å². The molecular formula is C25H18N2O5. The van der Waals surface area contributed by atoms with E-state index in [0.717, 1.165) is 24.0 Å². The molecule has 0 saturated heterocycles. The van der Waals surface area contributed by atoms with Gasteiger partial charge in [0.15, 0.2) is 0 Å². The number of nitro groups is 1. The van der Waals surface area contributed by atoms with Crippen molar-refractivity contribution in [3.63, 3.8) is 0 Å². The molecule has 158 valence electrons. The number of nitro benzene ring substituents is 1. The molecule has 0 saturated carbocycles. The van der Waals surface area contributed by atoms with Gasteiger partial charge in [0, 0.05) is 23.1 Å². The summed E-state index contributed by atoms with van der Waals surface area (Å²) >= 11 is 0. The number of aromatic nitrogens is 1. The number of aromatic carboxylic acids is 1. The number of allylic oxidation sites excluding steroid dienone is 1. The van der Waals surface area contributed by atoms with Crippen molar-refractivity contribution in [2.75, 3.05) is 0 Å². The number of benzene rings is 2. The maximum Gasteiger partial charge on any atom is 0.336 e. The maximum absolute atomic E-state index is 12.1. The van der Waals surface area contributed by atoms with Gasteiger partial charge in [-0.05, 0) is 54.7 Å². The lowest BCUT2D eigenvalue weighted by Gasteiger charge is -2.21. The fourth-order valence-electron chi connectivity index (χ4n) is 4.25. The Bertz CT molecular complexity index is 1420. The Balaban J connectivity index is 1.58. The highest BCUT2D eigenvalue weighted by atomic mass is 16.6. The third-order valence-electron chi connectivity index (χ3n) is 5.67. The van der Waals surface area contributed by atoms with E-state index in [-0.39, 0.29) is 5.69 Å². The Morgan fingerprint density at radius 1 is 1.09 bits per heavy atom. The predicted octanol–water partition coefficient (Wildman–Crippen LogP) is 5.98. The molecule has 0 amide bonds. The van der Waals surface area contributed by atoms with Crippen molar-refractivity contribution < 1.29 is 19.2 Å². The van der Waals surface area contributed by atoms with Gasteiger partial charge in [0.1, 0.15) is 11.5 Å². The summed E-state index contributed by atoms with van der Waals surface area (Å²) in [6, 6.07) is 17.1. The minimum Gasteiger partial charge on any atom is -0.478 e. The summed E-state index contributed by atoms with van der Waals surface area (Å²) in [5.74, 6) is 0.155. The van der Waals surface area contributed by atoms with Crippen LogP contribution in [0.5, 0.6) is 0 Å². The molecule has 1 aliphatic carbocycles. The Kier molecular flexibility index (Phi) is 4.78. The number of non-ortho nitro benzene ring substituents is 1. The summed E-state index contributed by atoms with van der Waals surface area (Å²) in [4.78, 5) is 27.5. The fraction of sp³-hybridized carbons (Fsp3) is 0.120. The molecule has 1 N–H and O–H groups in total. The van der Waals surface area contributed by atoms with Crippen LogP contribution in [0.1, 0.15) is 40.2 Å². The van der Waals surface area contributed by atoms with E-state index in [1.165, 1.54) is 12.1 Å². The molecule has 2 aromatic carbocycles. The van der Waals surface area contributed by atoms with E-state index >= 15 is 0 Å². The zero-order valence-electron chi connectivity index (χ0n) is 16.9. The van der Waals surface area contributed by atoms with E-state index in [1.54, 1.807) is 30.3 Å². The molecule has 7 heteroatoms. The largest absolute Gasteiger partial charge is 0.478 e. The summed E-state index contributed by atoms with van der Waals surface area (Å²) in [6.07, 6.45) is 4.11. The second-order valence-corrected chi connectivity index (χ2v) is 7.67. The Morgan fingerprint density at radius 2 is 1.94 bits per heavy atom. The highest BCUT2D eigenvalue weighted by Gasteiger charge is 2.25. The van der Waals surface area contributed by atoms with Crippen molar-refractivity contribution in [3.05, 3.63) is 93.4 Å². The lowest BCUT2D eigenvalue weighted by molar-refractivity contribution is -0.384. The molecule has 0 unspecified atom stereocenters. The van der Waals surface area contributed by atoms with Crippen LogP contribution in [-0.4, -0.2) is 21.0 Å². The SMILES string of the molecule is O=C(O)c1c2c(nc3ccccc13)C(=Cc1ccc(-c3cccc([N+](=O)[O-])c3)o1)CCC2. The second kappa shape index (κ2) is 7.77. The van der Waals surface area contributed by atoms with Crippen LogP contribution < -0.4 is 0 Å². The van der Waals surface area contributed by atoms with Crippen molar-refractivity contribution in [1.82, 2.24) is 4.98 Å². The molecule has 4 aromatic rings. The first-order valence-electron chi connectivity index (χ1n) is 10.2. The van der Waals surface area contributed by atoms with Crippen molar-refractivity contribution in [3.8, 4) is 11.3 Å². The second-order valence-electron chi connectivity index (χ2n) is 7.67. The molecule has 0 radical (unpaired) electrons. The number of hydrogen-bond donors (Lipinski definition) is 1. The van der Waals surface area contributed by atoms with E-state index < -0.39 is 10.9 Å². The zero-order valence-corrected chi connectivity index (χ0v) is 16.9. The minimum atomic E-state index is -0.952. The molecule has 0 atom stereocenters. The Hall–Kier alpha value is -4.26. The molecule has 1 aliphatic rings. The number of carboxylic acid groups (broad SMARTS) is 1. The van der Waals surface area contributed by atoms with Crippen LogP contribution in [0.25, 0.3) is 33.9 Å². The maximum atomic E-state index is 12.1. The molecular weight excluding hydrogens is 408 g/mol. The van der Waals surface area contributed by atoms with Crippen molar-refractivity contribution in [1.29, 1.82) is 0 Å². The number of rotatable bonds is 4. The monoisotopic (exact) mass is 426 g/mol. The van der Waals surface area contributed by atoms with Gasteiger partial charge >= 0.3 is 5.97 Å². The summed E-state index contributed by atoms with van der Waals surface area (Å²) in [5.41, 5.74) is 3.93. The Morgan fingerprint density at radius 3 is 2.75 bits per heavy atom. The first-order valence-corrected chi connectivity index (χ1v) is 10.2. The van der Waals surface area contributed by atoms with E-state index in [4.69, 9.17) is 9.40 Å². The molecule has 0 aliphatic heterocycles. The summed E-state index contributed by atoms with van der Waals surface area (Å²) < 4.78 is 5.94. The summed E-state index contributed by atoms with van der Waals surface area (Å²) in [5, 5.41) is 21.6. The van der Waals surface area contributed by atoms with Gasteiger partial charge in [-0.1, -0.05) is 30.3 Å². The van der Waals surface area contributed by atoms with Gasteiger partial charge in [-0.15, -0.1) is 0 Å². The van der Waals surface area contributed by atoms with E-state index in [1.807, 2.05) is 24.3 Å². The zero-order chi connectivity index (χ0) is 22.2. The molecule has 2 aromatic heterocycles. The number of fused-ring (bicyclic) bond motifs is 2. The first kappa shape index (κ1) is 19.7. The van der Waals surface area contributed by atoms with Crippen LogP contribution in [0.4, 0.5) is 5.69 Å². The van der Waals surface area contributed by atoms with E-state index in [2.05, 4.69) is 0 Å². The van der Waals surface area contributed by atoms with Gasteiger partial charge in [0.2, 0.25) is 0 Å². The van der Waals surface area contributed by atoms with Gasteiger partial charge in [0.05, 0.1) is 21.7 Å². The highest BCUT2D eigenvalue weighted by Crippen LogP contribution is 2.37. The predicted molar refractivity (Wildman–Crippen MR) is 120 cm³/mol. The molecule has 2 heterocycles. The third-order valence-corrected chi connectivity index (χ3v) is 5.67. The van der Waals surface area contributed by atoms with Gasteiger partial charge in [0.25, 0.3) is 5.69 Å². The molecule has 32 heavy (non-hydrogen) atoms. The van der Waals surface area contributed by atoms with Gasteiger partial charge in [-0.25, -0.2) is 9.78 Å². The highest BCUT2D eigenvalue weighted by molar-refractivity contribution is 6.05. The van der Waals surface area contributed by atoms with Crippen LogP contribution in [0.15, 0.2) is 65.1 Å². The number of hydrogen-bond acceptors (Lipinski definition) is 5. The lowest BCUT2D eigenvalue weighted by Crippen LogP contribution is -2.13. The average molecular weight is 426 g/mol. The number of para-hydroxylation sites is 1. The fourth-order valence-corrected chi connectivity index (χ4v) is 4.25. The number of nitrogens with zero attached hydrogens (tertiary/aromatic N) is 2. The molecule has 0 spiro atoms. The van der Waals surface area contributed by atoms with Crippen LogP contribution in [0.2, 0.25) is 0 Å². The number of furan rings is 1. The molecule has 0 fully saturated rings. The average Bonchev–Trinajstić information content (AvgIpc) is 3.26. The molecule has 0 bridgehead atoms. The summed E-state index contributed by atoms with van der Waals surface area (Å²) in [6.45, 7) is 0. The molecule has 7 nitrogen and oxygen atoms in total. The molecule has 5 rings (SSSR count). The van der Waals surface area contributed by atoms with Gasteiger partial charge in [-0.2, -0.15) is 0 Å². The quantitative estimate of drug-likeness (QED) is 0.318. The minimum absolute atomic E-state index is 0.00251. The topological polar surface area (TPSA) is 106 Å². The standard InChI is InChI=1S/C25H18N2O5/c28-25(29)23-19-8-1-2-10-21(19)26-24-16(6-4-9-20(23)24)14-18-11-12-22(32-18)15-5-3-7-17(13-15)27(30)31/h1-3,5,7-8,10-14H,4,6,9H2,(H,28,29). The number of pyridine rings is 1. The number of carboxylic acids is 1. The van der Waals surface area contributed by atoms with Crippen LogP contribution in [0.3, 0.4) is 0 Å². The smallest absolute Gasteiger partial charge is 0.336 e. The van der Waals surface area contributed by atoms with E-state index in [9.17, 15) is 20.0 Å². The lowest BCUT2D eigenvalue weighted by atomic mass is 9.86. The van der Waals surface area contributed by atoms with Crippen LogP contribution in [-0.2, 0) is 6.42 Å². The third kappa shape index (κ3) is 3.43. The van der Waals surface area contributed by atoms with E-state index in [0.29, 0.717) is 45.7 Å².